The number of aryl methyl sites for hydroxylation is 2. The van der Waals surface area contributed by atoms with E-state index in [4.69, 9.17) is 10.5 Å². The molecule has 0 radical (unpaired) electrons. The highest BCUT2D eigenvalue weighted by atomic mass is 16.6. The Balaban J connectivity index is 2.05. The first-order valence-corrected chi connectivity index (χ1v) is 6.95. The van der Waals surface area contributed by atoms with E-state index in [0.29, 0.717) is 12.2 Å². The smallest absolute Gasteiger partial charge is 0.419 e. The molecule has 2 aromatic rings. The molecule has 0 amide bonds. The molecule has 2 N–H and O–H groups in total. The van der Waals surface area contributed by atoms with Crippen molar-refractivity contribution in [2.24, 2.45) is 0 Å². The number of carbonyl (C=O) groups is 1. The van der Waals surface area contributed by atoms with Crippen LogP contribution in [0, 0.1) is 0 Å². The average Bonchev–Trinajstić information content (AvgIpc) is 2.83. The van der Waals surface area contributed by atoms with E-state index in [-0.39, 0.29) is 0 Å². The number of carbonyl (C=O) groups excluding carboxylic acids is 1. The SMILES string of the molecule is CC(C)(C)OC(=O)n1ccnc1CCc1cccc(N)c1. The van der Waals surface area contributed by atoms with Crippen LogP contribution in [0.4, 0.5) is 10.5 Å². The summed E-state index contributed by atoms with van der Waals surface area (Å²) in [6, 6.07) is 7.72. The van der Waals surface area contributed by atoms with Gasteiger partial charge in [0.15, 0.2) is 0 Å². The number of nitrogens with two attached hydrogens (primary N) is 1. The Bertz CT molecular complexity index is 626. The van der Waals surface area contributed by atoms with E-state index >= 15 is 0 Å². The third-order valence-corrected chi connectivity index (χ3v) is 2.90. The van der Waals surface area contributed by atoms with Crippen LogP contribution in [0.5, 0.6) is 0 Å². The third-order valence-electron chi connectivity index (χ3n) is 2.90. The molecule has 0 aliphatic heterocycles. The summed E-state index contributed by atoms with van der Waals surface area (Å²) in [6.07, 6.45) is 4.25. The summed E-state index contributed by atoms with van der Waals surface area (Å²) in [6.45, 7) is 5.52. The highest BCUT2D eigenvalue weighted by Crippen LogP contribution is 2.13. The molecule has 112 valence electrons. The van der Waals surface area contributed by atoms with Crippen molar-refractivity contribution in [3.63, 3.8) is 0 Å². The predicted octanol–water partition coefficient (Wildman–Crippen LogP) is 3.03. The van der Waals surface area contributed by atoms with Crippen LogP contribution in [0.2, 0.25) is 0 Å². The van der Waals surface area contributed by atoms with Crippen molar-refractivity contribution in [1.82, 2.24) is 9.55 Å². The van der Waals surface area contributed by atoms with Gasteiger partial charge in [0.05, 0.1) is 0 Å². The zero-order chi connectivity index (χ0) is 15.5. The van der Waals surface area contributed by atoms with E-state index in [1.807, 2.05) is 45.0 Å². The average molecular weight is 287 g/mol. The van der Waals surface area contributed by atoms with Crippen molar-refractivity contribution < 1.29 is 9.53 Å². The van der Waals surface area contributed by atoms with E-state index in [1.165, 1.54) is 4.57 Å². The van der Waals surface area contributed by atoms with E-state index < -0.39 is 11.7 Å². The Hall–Kier alpha value is -2.30. The standard InChI is InChI=1S/C16H21N3O2/c1-16(2,3)21-15(20)19-10-9-18-14(19)8-7-12-5-4-6-13(17)11-12/h4-6,9-11H,7-8,17H2,1-3H3. The molecule has 0 saturated heterocycles. The van der Waals surface area contributed by atoms with Crippen LogP contribution in [0.25, 0.3) is 0 Å². The number of anilines is 1. The number of aromatic nitrogens is 2. The van der Waals surface area contributed by atoms with Crippen molar-refractivity contribution in [3.05, 3.63) is 48.0 Å². The molecule has 0 aliphatic carbocycles. The maximum atomic E-state index is 12.1. The fourth-order valence-electron chi connectivity index (χ4n) is 2.00. The van der Waals surface area contributed by atoms with Gasteiger partial charge in [-0.2, -0.15) is 0 Å². The van der Waals surface area contributed by atoms with Crippen LogP contribution < -0.4 is 5.73 Å². The lowest BCUT2D eigenvalue weighted by Gasteiger charge is -2.20. The Labute approximate surface area is 124 Å². The van der Waals surface area contributed by atoms with Gasteiger partial charge in [0.2, 0.25) is 0 Å². The van der Waals surface area contributed by atoms with Gasteiger partial charge in [-0.1, -0.05) is 12.1 Å². The minimum Gasteiger partial charge on any atom is -0.443 e. The van der Waals surface area contributed by atoms with E-state index in [9.17, 15) is 4.79 Å². The maximum Gasteiger partial charge on any atom is 0.419 e. The monoisotopic (exact) mass is 287 g/mol. The number of nitrogen functional groups attached to an aromatic ring is 1. The molecular formula is C16H21N3O2. The number of hydrogen-bond acceptors (Lipinski definition) is 4. The number of nitrogens with zero attached hydrogens (tertiary/aromatic N) is 2. The fraction of sp³-hybridized carbons (Fsp3) is 0.375. The van der Waals surface area contributed by atoms with Crippen LogP contribution in [0.15, 0.2) is 36.7 Å². The molecule has 21 heavy (non-hydrogen) atoms. The summed E-state index contributed by atoms with van der Waals surface area (Å²) in [5, 5.41) is 0. The number of benzene rings is 1. The lowest BCUT2D eigenvalue weighted by Crippen LogP contribution is -2.27. The Morgan fingerprint density at radius 3 is 2.76 bits per heavy atom. The highest BCUT2D eigenvalue weighted by Gasteiger charge is 2.19. The van der Waals surface area contributed by atoms with Crippen molar-refractivity contribution in [3.8, 4) is 0 Å². The first-order chi connectivity index (χ1) is 9.85. The zero-order valence-corrected chi connectivity index (χ0v) is 12.7. The minimum absolute atomic E-state index is 0.400. The van der Waals surface area contributed by atoms with Crippen LogP contribution in [-0.2, 0) is 17.6 Å². The second kappa shape index (κ2) is 5.99. The molecule has 5 nitrogen and oxygen atoms in total. The molecule has 1 aromatic heterocycles. The van der Waals surface area contributed by atoms with Crippen molar-refractivity contribution in [2.75, 3.05) is 5.73 Å². The van der Waals surface area contributed by atoms with Gasteiger partial charge in [0.25, 0.3) is 0 Å². The van der Waals surface area contributed by atoms with E-state index in [2.05, 4.69) is 4.98 Å². The third kappa shape index (κ3) is 4.34. The van der Waals surface area contributed by atoms with E-state index in [0.717, 1.165) is 17.7 Å². The maximum absolute atomic E-state index is 12.1. The molecular weight excluding hydrogens is 266 g/mol. The van der Waals surface area contributed by atoms with Crippen molar-refractivity contribution in [1.29, 1.82) is 0 Å². The predicted molar refractivity (Wildman–Crippen MR) is 82.1 cm³/mol. The largest absolute Gasteiger partial charge is 0.443 e. The number of imidazole rings is 1. The van der Waals surface area contributed by atoms with Crippen LogP contribution in [0.1, 0.15) is 32.2 Å². The first-order valence-electron chi connectivity index (χ1n) is 6.95. The number of rotatable bonds is 3. The quantitative estimate of drug-likeness (QED) is 0.881. The number of ether oxygens (including phenoxy) is 1. The van der Waals surface area contributed by atoms with Gasteiger partial charge in [-0.05, 0) is 44.9 Å². The fourth-order valence-corrected chi connectivity index (χ4v) is 2.00. The second-order valence-corrected chi connectivity index (χ2v) is 5.94. The Kier molecular flexibility index (Phi) is 4.31. The molecule has 1 heterocycles. The van der Waals surface area contributed by atoms with Crippen molar-refractivity contribution in [2.45, 2.75) is 39.2 Å². The van der Waals surface area contributed by atoms with Gasteiger partial charge in [-0.25, -0.2) is 14.3 Å². The minimum atomic E-state index is -0.521. The molecule has 0 fully saturated rings. The molecule has 0 bridgehead atoms. The molecule has 0 unspecified atom stereocenters. The lowest BCUT2D eigenvalue weighted by molar-refractivity contribution is 0.0532. The molecule has 5 heteroatoms. The highest BCUT2D eigenvalue weighted by molar-refractivity contribution is 5.71. The molecule has 2 rings (SSSR count). The van der Waals surface area contributed by atoms with Gasteiger partial charge in [-0.3, -0.25) is 0 Å². The van der Waals surface area contributed by atoms with Gasteiger partial charge >= 0.3 is 6.09 Å². The van der Waals surface area contributed by atoms with Crippen LogP contribution >= 0.6 is 0 Å². The summed E-state index contributed by atoms with van der Waals surface area (Å²) < 4.78 is 6.81. The molecule has 0 saturated carbocycles. The summed E-state index contributed by atoms with van der Waals surface area (Å²) in [4.78, 5) is 16.3. The van der Waals surface area contributed by atoms with E-state index in [1.54, 1.807) is 12.4 Å². The van der Waals surface area contributed by atoms with Gasteiger partial charge in [-0.15, -0.1) is 0 Å². The van der Waals surface area contributed by atoms with Crippen molar-refractivity contribution >= 4 is 11.8 Å². The zero-order valence-electron chi connectivity index (χ0n) is 12.7. The second-order valence-electron chi connectivity index (χ2n) is 5.94. The number of hydrogen-bond donors (Lipinski definition) is 1. The Morgan fingerprint density at radius 1 is 1.33 bits per heavy atom. The molecule has 0 spiro atoms. The molecule has 0 aliphatic rings. The molecule has 0 atom stereocenters. The van der Waals surface area contributed by atoms with Gasteiger partial charge in [0, 0.05) is 24.5 Å². The topological polar surface area (TPSA) is 70.1 Å². The lowest BCUT2D eigenvalue weighted by atomic mass is 10.1. The summed E-state index contributed by atoms with van der Waals surface area (Å²) in [7, 11) is 0. The van der Waals surface area contributed by atoms with Crippen LogP contribution in [0.3, 0.4) is 0 Å². The van der Waals surface area contributed by atoms with Crippen LogP contribution in [-0.4, -0.2) is 21.2 Å². The summed E-state index contributed by atoms with van der Waals surface area (Å²) >= 11 is 0. The normalized spacial score (nSPS) is 11.4. The summed E-state index contributed by atoms with van der Waals surface area (Å²) in [5.41, 5.74) is 7.10. The molecule has 1 aromatic carbocycles. The Morgan fingerprint density at radius 2 is 2.10 bits per heavy atom. The first kappa shape index (κ1) is 15.1. The summed E-state index contributed by atoms with van der Waals surface area (Å²) in [5.74, 6) is 0.687. The van der Waals surface area contributed by atoms with Gasteiger partial charge in [0.1, 0.15) is 11.4 Å². The van der Waals surface area contributed by atoms with Gasteiger partial charge < -0.3 is 10.5 Å².